The molecule has 70 valence electrons. The maximum absolute atomic E-state index is 5.35. The molecule has 0 atom stereocenters. The van der Waals surface area contributed by atoms with Gasteiger partial charge in [0.05, 0.1) is 6.10 Å². The Morgan fingerprint density at radius 2 is 1.55 bits per heavy atom. The first-order chi connectivity index (χ1) is 4.77. The summed E-state index contributed by atoms with van der Waals surface area (Å²) in [7, 11) is 0. The van der Waals surface area contributed by atoms with Gasteiger partial charge in [-0.1, -0.05) is 0 Å². The summed E-state index contributed by atoms with van der Waals surface area (Å²) in [4.78, 5) is 0. The summed E-state index contributed by atoms with van der Waals surface area (Å²) in [6.07, 6.45) is 0.398. The predicted octanol–water partition coefficient (Wildman–Crippen LogP) is 2.17. The van der Waals surface area contributed by atoms with Crippen molar-refractivity contribution in [3.8, 4) is 0 Å². The molecular formula is C9H23NO. The van der Waals surface area contributed by atoms with Crippen LogP contribution in [-0.4, -0.2) is 18.2 Å². The predicted molar refractivity (Wildman–Crippen MR) is 50.7 cm³/mol. The highest BCUT2D eigenvalue weighted by atomic mass is 16.5. The zero-order valence-corrected chi connectivity index (χ0v) is 8.77. The maximum atomic E-state index is 5.35. The molecule has 0 aliphatic heterocycles. The molecule has 2 N–H and O–H groups in total. The molecule has 0 aliphatic carbocycles. The lowest BCUT2D eigenvalue weighted by molar-refractivity contribution is 0.0899. The second-order valence-corrected chi connectivity index (χ2v) is 3.87. The van der Waals surface area contributed by atoms with Gasteiger partial charge in [-0.25, -0.2) is 0 Å². The van der Waals surface area contributed by atoms with E-state index in [1.54, 1.807) is 0 Å². The van der Waals surface area contributed by atoms with E-state index in [1.807, 2.05) is 41.5 Å². The lowest BCUT2D eigenvalue weighted by Gasteiger charge is -2.06. The number of nitrogens with two attached hydrogens (primary N) is 1. The second-order valence-electron chi connectivity index (χ2n) is 3.87. The van der Waals surface area contributed by atoms with Crippen LogP contribution in [0.1, 0.15) is 41.5 Å². The van der Waals surface area contributed by atoms with Gasteiger partial charge in [0.25, 0.3) is 0 Å². The molecule has 0 unspecified atom stereocenters. The van der Waals surface area contributed by atoms with Crippen molar-refractivity contribution in [1.82, 2.24) is 0 Å². The minimum Gasteiger partial charge on any atom is -0.379 e. The zero-order valence-electron chi connectivity index (χ0n) is 8.77. The summed E-state index contributed by atoms with van der Waals surface area (Å²) < 4.78 is 5.04. The third-order valence-electron chi connectivity index (χ3n) is 0.500. The average molecular weight is 161 g/mol. The Bertz CT molecular complexity index is 68.1. The third kappa shape index (κ3) is 73.0. The molecule has 0 saturated carbocycles. The molecule has 0 bridgehead atoms. The highest BCUT2D eigenvalue weighted by Gasteiger charge is 1.95. The third-order valence-corrected chi connectivity index (χ3v) is 0.500. The molecule has 0 saturated heterocycles. The molecule has 0 aromatic heterocycles. The van der Waals surface area contributed by atoms with Crippen LogP contribution in [0, 0.1) is 0 Å². The SMILES string of the molecule is CC(C)(C)N.CCOC(C)C. The molecule has 0 heterocycles. The molecule has 2 nitrogen and oxygen atoms in total. The van der Waals surface area contributed by atoms with Crippen LogP contribution in [0.3, 0.4) is 0 Å². The van der Waals surface area contributed by atoms with Gasteiger partial charge in [-0.05, 0) is 41.5 Å². The Morgan fingerprint density at radius 3 is 1.55 bits per heavy atom. The van der Waals surface area contributed by atoms with E-state index in [-0.39, 0.29) is 5.54 Å². The van der Waals surface area contributed by atoms with Crippen molar-refractivity contribution in [2.75, 3.05) is 6.61 Å². The number of hydrogen-bond acceptors (Lipinski definition) is 2. The van der Waals surface area contributed by atoms with E-state index in [0.29, 0.717) is 6.10 Å². The van der Waals surface area contributed by atoms with E-state index in [2.05, 4.69) is 0 Å². The molecule has 0 amide bonds. The Hall–Kier alpha value is -0.0800. The van der Waals surface area contributed by atoms with Crippen LogP contribution < -0.4 is 5.73 Å². The Labute approximate surface area is 71.1 Å². The highest BCUT2D eigenvalue weighted by Crippen LogP contribution is 1.88. The van der Waals surface area contributed by atoms with Crippen LogP contribution in [0.5, 0.6) is 0 Å². The fraction of sp³-hybridized carbons (Fsp3) is 1.00. The fourth-order valence-corrected chi connectivity index (χ4v) is 0.333. The number of hydrogen-bond donors (Lipinski definition) is 1. The molecule has 0 spiro atoms. The van der Waals surface area contributed by atoms with E-state index in [0.717, 1.165) is 6.61 Å². The number of rotatable bonds is 2. The van der Waals surface area contributed by atoms with Gasteiger partial charge >= 0.3 is 0 Å². The average Bonchev–Trinajstić information content (AvgIpc) is 1.58. The zero-order chi connectivity index (χ0) is 9.49. The minimum atomic E-state index is 0. The molecule has 0 aromatic rings. The normalized spacial score (nSPS) is 10.9. The van der Waals surface area contributed by atoms with Gasteiger partial charge in [-0.3, -0.25) is 0 Å². The maximum Gasteiger partial charge on any atom is 0.0518 e. The van der Waals surface area contributed by atoms with Gasteiger partial charge in [-0.15, -0.1) is 0 Å². The van der Waals surface area contributed by atoms with Gasteiger partial charge in [-0.2, -0.15) is 0 Å². The van der Waals surface area contributed by atoms with Crippen molar-refractivity contribution in [3.63, 3.8) is 0 Å². The van der Waals surface area contributed by atoms with Crippen LogP contribution in [0.25, 0.3) is 0 Å². The van der Waals surface area contributed by atoms with Crippen LogP contribution in [-0.2, 0) is 4.74 Å². The number of ether oxygens (including phenoxy) is 1. The van der Waals surface area contributed by atoms with Crippen molar-refractivity contribution < 1.29 is 4.74 Å². The standard InChI is InChI=1S/C5H12O.C4H11N/c1-4-6-5(2)3;1-4(2,3)5/h5H,4H2,1-3H3;5H2,1-3H3. The van der Waals surface area contributed by atoms with Crippen molar-refractivity contribution >= 4 is 0 Å². The Kier molecular flexibility index (Phi) is 8.13. The minimum absolute atomic E-state index is 0. The molecule has 0 radical (unpaired) electrons. The Morgan fingerprint density at radius 1 is 1.27 bits per heavy atom. The molecule has 2 heteroatoms. The molecular weight excluding hydrogens is 138 g/mol. The first-order valence-electron chi connectivity index (χ1n) is 4.17. The molecule has 0 rings (SSSR count). The van der Waals surface area contributed by atoms with Crippen molar-refractivity contribution in [3.05, 3.63) is 0 Å². The highest BCUT2D eigenvalue weighted by molar-refractivity contribution is 4.60. The topological polar surface area (TPSA) is 35.2 Å². The molecule has 11 heavy (non-hydrogen) atoms. The summed E-state index contributed by atoms with van der Waals surface area (Å²) in [6, 6.07) is 0. The van der Waals surface area contributed by atoms with Crippen molar-refractivity contribution in [2.45, 2.75) is 53.2 Å². The summed E-state index contributed by atoms with van der Waals surface area (Å²) >= 11 is 0. The van der Waals surface area contributed by atoms with Crippen molar-refractivity contribution in [2.24, 2.45) is 5.73 Å². The van der Waals surface area contributed by atoms with E-state index in [9.17, 15) is 0 Å². The smallest absolute Gasteiger partial charge is 0.0518 e. The fourth-order valence-electron chi connectivity index (χ4n) is 0.333. The first-order valence-corrected chi connectivity index (χ1v) is 4.17. The summed E-state index contributed by atoms with van der Waals surface area (Å²) in [5, 5.41) is 0. The van der Waals surface area contributed by atoms with Crippen LogP contribution in [0.15, 0.2) is 0 Å². The van der Waals surface area contributed by atoms with E-state index in [1.165, 1.54) is 0 Å². The van der Waals surface area contributed by atoms with Gasteiger partial charge < -0.3 is 10.5 Å². The van der Waals surface area contributed by atoms with E-state index in [4.69, 9.17) is 10.5 Å². The Balaban J connectivity index is 0. The second kappa shape index (κ2) is 6.62. The monoisotopic (exact) mass is 161 g/mol. The molecule has 0 aromatic carbocycles. The van der Waals surface area contributed by atoms with Crippen LogP contribution in [0.4, 0.5) is 0 Å². The van der Waals surface area contributed by atoms with Crippen molar-refractivity contribution in [1.29, 1.82) is 0 Å². The summed E-state index contributed by atoms with van der Waals surface area (Å²) in [5.41, 5.74) is 5.35. The van der Waals surface area contributed by atoms with Gasteiger partial charge in [0.1, 0.15) is 0 Å². The summed E-state index contributed by atoms with van der Waals surface area (Å²) in [5.74, 6) is 0. The lowest BCUT2D eigenvalue weighted by Crippen LogP contribution is -2.26. The quantitative estimate of drug-likeness (QED) is 0.673. The van der Waals surface area contributed by atoms with E-state index >= 15 is 0 Å². The van der Waals surface area contributed by atoms with Gasteiger partial charge in [0, 0.05) is 12.1 Å². The van der Waals surface area contributed by atoms with Crippen LogP contribution in [0.2, 0.25) is 0 Å². The largest absolute Gasteiger partial charge is 0.379 e. The lowest BCUT2D eigenvalue weighted by atomic mass is 10.1. The van der Waals surface area contributed by atoms with Gasteiger partial charge in [0.15, 0.2) is 0 Å². The van der Waals surface area contributed by atoms with E-state index < -0.39 is 0 Å². The van der Waals surface area contributed by atoms with Crippen LogP contribution >= 0.6 is 0 Å². The first kappa shape index (κ1) is 13.5. The summed E-state index contributed by atoms with van der Waals surface area (Å²) in [6.45, 7) is 12.8. The van der Waals surface area contributed by atoms with Gasteiger partial charge in [0.2, 0.25) is 0 Å². The molecule has 0 fully saturated rings. The molecule has 0 aliphatic rings.